The van der Waals surface area contributed by atoms with Gasteiger partial charge in [0.1, 0.15) is 11.8 Å². The van der Waals surface area contributed by atoms with E-state index in [1.807, 2.05) is 36.4 Å². The van der Waals surface area contributed by atoms with Crippen LogP contribution in [0.3, 0.4) is 0 Å². The van der Waals surface area contributed by atoms with Gasteiger partial charge in [0.05, 0.1) is 25.9 Å². The van der Waals surface area contributed by atoms with Crippen molar-refractivity contribution in [2.24, 2.45) is 0 Å². The predicted molar refractivity (Wildman–Crippen MR) is 80.3 cm³/mol. The van der Waals surface area contributed by atoms with Gasteiger partial charge >= 0.3 is 0 Å². The molecule has 0 bridgehead atoms. The largest absolute Gasteiger partial charge is 0.495 e. The third-order valence-corrected chi connectivity index (χ3v) is 3.37. The van der Waals surface area contributed by atoms with Gasteiger partial charge in [-0.3, -0.25) is 0 Å². The fraction of sp³-hybridized carbons (Fsp3) is 0.188. The molecule has 0 amide bonds. The van der Waals surface area contributed by atoms with Crippen molar-refractivity contribution < 1.29 is 9.47 Å². The highest BCUT2D eigenvalue weighted by molar-refractivity contribution is 9.10. The molecule has 2 rings (SSSR count). The Balaban J connectivity index is 1.94. The lowest BCUT2D eigenvalue weighted by atomic mass is 10.1. The van der Waals surface area contributed by atoms with Gasteiger partial charge in [-0.05, 0) is 35.4 Å². The standard InChI is InChI=1S/C16H14BrNO2/c1-19-16-8-13(2-5-14(16)9-18)11-20-10-12-3-6-15(17)7-4-12/h2-8H,10-11H2,1H3. The van der Waals surface area contributed by atoms with Gasteiger partial charge in [0.2, 0.25) is 0 Å². The highest BCUT2D eigenvalue weighted by atomic mass is 79.9. The molecular formula is C16H14BrNO2. The van der Waals surface area contributed by atoms with Crippen LogP contribution in [0.15, 0.2) is 46.9 Å². The zero-order valence-electron chi connectivity index (χ0n) is 11.1. The molecule has 0 radical (unpaired) electrons. The second-order valence-corrected chi connectivity index (χ2v) is 5.18. The Labute approximate surface area is 126 Å². The lowest BCUT2D eigenvalue weighted by Gasteiger charge is -2.08. The van der Waals surface area contributed by atoms with Crippen LogP contribution in [0.5, 0.6) is 5.75 Å². The Morgan fingerprint density at radius 1 is 1.05 bits per heavy atom. The van der Waals surface area contributed by atoms with Gasteiger partial charge < -0.3 is 9.47 Å². The van der Waals surface area contributed by atoms with Crippen molar-refractivity contribution >= 4 is 15.9 Å². The van der Waals surface area contributed by atoms with Crippen molar-refractivity contribution in [3.8, 4) is 11.8 Å². The fourth-order valence-electron chi connectivity index (χ4n) is 1.79. The fourth-order valence-corrected chi connectivity index (χ4v) is 2.05. The molecule has 0 aliphatic heterocycles. The number of methoxy groups -OCH3 is 1. The average Bonchev–Trinajstić information content (AvgIpc) is 2.49. The first-order valence-electron chi connectivity index (χ1n) is 6.12. The van der Waals surface area contributed by atoms with E-state index in [0.717, 1.165) is 15.6 Å². The summed E-state index contributed by atoms with van der Waals surface area (Å²) >= 11 is 3.40. The van der Waals surface area contributed by atoms with E-state index in [9.17, 15) is 0 Å². The van der Waals surface area contributed by atoms with E-state index in [4.69, 9.17) is 14.7 Å². The number of rotatable bonds is 5. The van der Waals surface area contributed by atoms with Crippen molar-refractivity contribution in [3.05, 3.63) is 63.6 Å². The van der Waals surface area contributed by atoms with Crippen molar-refractivity contribution in [3.63, 3.8) is 0 Å². The van der Waals surface area contributed by atoms with Crippen molar-refractivity contribution in [1.29, 1.82) is 5.26 Å². The van der Waals surface area contributed by atoms with Gasteiger partial charge in [-0.1, -0.05) is 34.1 Å². The summed E-state index contributed by atoms with van der Waals surface area (Å²) in [4.78, 5) is 0. The lowest BCUT2D eigenvalue weighted by Crippen LogP contribution is -1.96. The van der Waals surface area contributed by atoms with Crippen LogP contribution in [0.4, 0.5) is 0 Å². The van der Waals surface area contributed by atoms with E-state index in [0.29, 0.717) is 24.5 Å². The van der Waals surface area contributed by atoms with Crippen molar-refractivity contribution in [2.45, 2.75) is 13.2 Å². The number of nitrogens with zero attached hydrogens (tertiary/aromatic N) is 1. The Kier molecular flexibility index (Phi) is 5.16. The van der Waals surface area contributed by atoms with E-state index in [1.165, 1.54) is 0 Å². The number of hydrogen-bond acceptors (Lipinski definition) is 3. The molecule has 0 fully saturated rings. The maximum absolute atomic E-state index is 8.92. The third-order valence-electron chi connectivity index (χ3n) is 2.84. The summed E-state index contributed by atoms with van der Waals surface area (Å²) in [7, 11) is 1.56. The Bertz CT molecular complexity index is 617. The number of halogens is 1. The topological polar surface area (TPSA) is 42.2 Å². The van der Waals surface area contributed by atoms with Crippen LogP contribution in [-0.4, -0.2) is 7.11 Å². The molecule has 0 heterocycles. The summed E-state index contributed by atoms with van der Waals surface area (Å²) in [5.41, 5.74) is 2.64. The maximum Gasteiger partial charge on any atom is 0.136 e. The number of ether oxygens (including phenoxy) is 2. The molecule has 0 saturated heterocycles. The molecule has 2 aromatic rings. The monoisotopic (exact) mass is 331 g/mol. The van der Waals surface area contributed by atoms with Crippen LogP contribution < -0.4 is 4.74 Å². The van der Waals surface area contributed by atoms with Crippen LogP contribution >= 0.6 is 15.9 Å². The van der Waals surface area contributed by atoms with Gasteiger partial charge in [-0.2, -0.15) is 5.26 Å². The molecule has 0 aliphatic rings. The highest BCUT2D eigenvalue weighted by Gasteiger charge is 2.04. The lowest BCUT2D eigenvalue weighted by molar-refractivity contribution is 0.107. The molecule has 20 heavy (non-hydrogen) atoms. The molecule has 0 saturated carbocycles. The van der Waals surface area contributed by atoms with Crippen LogP contribution in [0.25, 0.3) is 0 Å². The van der Waals surface area contributed by atoms with E-state index in [-0.39, 0.29) is 0 Å². The molecule has 4 heteroatoms. The van der Waals surface area contributed by atoms with Crippen molar-refractivity contribution in [1.82, 2.24) is 0 Å². The Hall–Kier alpha value is -1.83. The van der Waals surface area contributed by atoms with Gasteiger partial charge in [-0.15, -0.1) is 0 Å². The third kappa shape index (κ3) is 3.83. The van der Waals surface area contributed by atoms with E-state index < -0.39 is 0 Å². The van der Waals surface area contributed by atoms with Gasteiger partial charge in [0, 0.05) is 4.47 Å². The average molecular weight is 332 g/mol. The zero-order valence-corrected chi connectivity index (χ0v) is 12.7. The van der Waals surface area contributed by atoms with Gasteiger partial charge in [-0.25, -0.2) is 0 Å². The quantitative estimate of drug-likeness (QED) is 0.830. The maximum atomic E-state index is 8.92. The first-order chi connectivity index (χ1) is 9.72. The Morgan fingerprint density at radius 2 is 1.70 bits per heavy atom. The second kappa shape index (κ2) is 7.09. The summed E-state index contributed by atoms with van der Waals surface area (Å²) in [5, 5.41) is 8.92. The summed E-state index contributed by atoms with van der Waals surface area (Å²) in [5.74, 6) is 0.581. The van der Waals surface area contributed by atoms with Crippen LogP contribution in [0.1, 0.15) is 16.7 Å². The molecule has 102 valence electrons. The molecule has 0 aliphatic carbocycles. The molecule has 3 nitrogen and oxygen atoms in total. The smallest absolute Gasteiger partial charge is 0.136 e. The van der Waals surface area contributed by atoms with Crippen LogP contribution in [-0.2, 0) is 18.0 Å². The molecule has 0 N–H and O–H groups in total. The van der Waals surface area contributed by atoms with Crippen LogP contribution in [0.2, 0.25) is 0 Å². The summed E-state index contributed by atoms with van der Waals surface area (Å²) in [6.45, 7) is 1.04. The van der Waals surface area contributed by atoms with E-state index in [2.05, 4.69) is 22.0 Å². The first-order valence-corrected chi connectivity index (χ1v) is 6.91. The molecule has 0 spiro atoms. The number of nitriles is 1. The van der Waals surface area contributed by atoms with E-state index >= 15 is 0 Å². The van der Waals surface area contributed by atoms with Gasteiger partial charge in [0.25, 0.3) is 0 Å². The minimum atomic E-state index is 0.484. The SMILES string of the molecule is COc1cc(COCc2ccc(Br)cc2)ccc1C#N. The normalized spacial score (nSPS) is 10.1. The highest BCUT2D eigenvalue weighted by Crippen LogP contribution is 2.20. The van der Waals surface area contributed by atoms with Gasteiger partial charge in [0.15, 0.2) is 0 Å². The molecule has 2 aromatic carbocycles. The first kappa shape index (κ1) is 14.6. The molecule has 0 unspecified atom stereocenters. The minimum absolute atomic E-state index is 0.484. The number of hydrogen-bond donors (Lipinski definition) is 0. The number of benzene rings is 2. The molecule has 0 atom stereocenters. The zero-order chi connectivity index (χ0) is 14.4. The molecule has 0 aromatic heterocycles. The minimum Gasteiger partial charge on any atom is -0.495 e. The van der Waals surface area contributed by atoms with E-state index in [1.54, 1.807) is 13.2 Å². The second-order valence-electron chi connectivity index (χ2n) is 4.27. The predicted octanol–water partition coefficient (Wildman–Crippen LogP) is 4.05. The van der Waals surface area contributed by atoms with Crippen molar-refractivity contribution in [2.75, 3.05) is 7.11 Å². The summed E-state index contributed by atoms with van der Waals surface area (Å²) in [6.07, 6.45) is 0. The summed E-state index contributed by atoms with van der Waals surface area (Å²) in [6, 6.07) is 15.6. The Morgan fingerprint density at radius 3 is 2.35 bits per heavy atom. The summed E-state index contributed by atoms with van der Waals surface area (Å²) < 4.78 is 11.9. The van der Waals surface area contributed by atoms with Crippen LogP contribution in [0, 0.1) is 11.3 Å². The molecular weight excluding hydrogens is 318 g/mol.